The van der Waals surface area contributed by atoms with E-state index in [0.717, 1.165) is 43.0 Å². The molecule has 2 aliphatic rings. The molecule has 28 heavy (non-hydrogen) atoms. The number of rotatable bonds is 8. The van der Waals surface area contributed by atoms with Gasteiger partial charge in [0.05, 0.1) is 0 Å². The van der Waals surface area contributed by atoms with Crippen LogP contribution in [-0.2, 0) is 13.6 Å². The standard InChI is InChI=1S/C20H37N7.HI/c1-4-5-11-21-20(22-13-19-25-24-16(2)26(19)3)23-18-10-12-27(15-18)14-17-8-6-7-9-17;/h17-18H,4-15H2,1-3H3,(H2,21,22,23);1H. The molecule has 0 bridgehead atoms. The lowest BCUT2D eigenvalue weighted by Crippen LogP contribution is -2.45. The van der Waals surface area contributed by atoms with E-state index in [0.29, 0.717) is 12.6 Å². The maximum atomic E-state index is 4.78. The number of nitrogens with one attached hydrogen (secondary N) is 2. The highest BCUT2D eigenvalue weighted by Gasteiger charge is 2.26. The Balaban J connectivity index is 0.00000280. The van der Waals surface area contributed by atoms with Gasteiger partial charge in [-0.05, 0) is 38.5 Å². The Morgan fingerprint density at radius 1 is 1.21 bits per heavy atom. The molecule has 2 heterocycles. The molecule has 0 spiro atoms. The Morgan fingerprint density at radius 3 is 2.68 bits per heavy atom. The van der Waals surface area contributed by atoms with Crippen molar-refractivity contribution >= 4 is 29.9 Å². The molecule has 1 aliphatic heterocycles. The molecule has 3 rings (SSSR count). The lowest BCUT2D eigenvalue weighted by atomic mass is 10.1. The van der Waals surface area contributed by atoms with Crippen molar-refractivity contribution in [3.63, 3.8) is 0 Å². The van der Waals surface area contributed by atoms with E-state index in [1.54, 1.807) is 0 Å². The molecule has 8 heteroatoms. The maximum Gasteiger partial charge on any atom is 0.191 e. The van der Waals surface area contributed by atoms with E-state index in [9.17, 15) is 0 Å². The van der Waals surface area contributed by atoms with Gasteiger partial charge in [-0.1, -0.05) is 26.2 Å². The third-order valence-corrected chi connectivity index (χ3v) is 5.99. The molecule has 0 radical (unpaired) electrons. The van der Waals surface area contributed by atoms with Crippen LogP contribution in [0.25, 0.3) is 0 Å². The van der Waals surface area contributed by atoms with Crippen molar-refractivity contribution in [3.8, 4) is 0 Å². The molecule has 1 saturated heterocycles. The van der Waals surface area contributed by atoms with E-state index in [4.69, 9.17) is 4.99 Å². The second kappa shape index (κ2) is 11.9. The zero-order chi connectivity index (χ0) is 19.1. The van der Waals surface area contributed by atoms with Crippen LogP contribution in [0.15, 0.2) is 4.99 Å². The number of aryl methyl sites for hydroxylation is 1. The quantitative estimate of drug-likeness (QED) is 0.247. The van der Waals surface area contributed by atoms with Crippen LogP contribution in [0.2, 0.25) is 0 Å². The van der Waals surface area contributed by atoms with E-state index in [1.165, 1.54) is 51.6 Å². The number of unbranched alkanes of at least 4 members (excludes halogenated alkanes) is 1. The second-order valence-electron chi connectivity index (χ2n) is 8.21. The fourth-order valence-electron chi connectivity index (χ4n) is 4.14. The van der Waals surface area contributed by atoms with Crippen LogP contribution in [-0.4, -0.2) is 57.8 Å². The average molecular weight is 503 g/mol. The van der Waals surface area contributed by atoms with Gasteiger partial charge in [-0.15, -0.1) is 34.2 Å². The van der Waals surface area contributed by atoms with Gasteiger partial charge in [0.1, 0.15) is 12.4 Å². The van der Waals surface area contributed by atoms with Crippen molar-refractivity contribution in [1.82, 2.24) is 30.3 Å². The Labute approximate surface area is 187 Å². The van der Waals surface area contributed by atoms with Gasteiger partial charge in [-0.3, -0.25) is 0 Å². The number of aliphatic imine (C=N–C) groups is 1. The Bertz CT molecular complexity index is 610. The Hall–Kier alpha value is -0.900. The zero-order valence-electron chi connectivity index (χ0n) is 17.8. The van der Waals surface area contributed by atoms with Gasteiger partial charge in [-0.2, -0.15) is 0 Å². The summed E-state index contributed by atoms with van der Waals surface area (Å²) in [5.41, 5.74) is 0. The summed E-state index contributed by atoms with van der Waals surface area (Å²) in [5, 5.41) is 15.5. The largest absolute Gasteiger partial charge is 0.356 e. The summed E-state index contributed by atoms with van der Waals surface area (Å²) in [6, 6.07) is 0.487. The molecule has 2 fully saturated rings. The fourth-order valence-corrected chi connectivity index (χ4v) is 4.14. The fraction of sp³-hybridized carbons (Fsp3) is 0.850. The SMILES string of the molecule is CCCCNC(=NCc1nnc(C)n1C)NC1CCN(CC2CCCC2)C1.I. The topological polar surface area (TPSA) is 70.4 Å². The summed E-state index contributed by atoms with van der Waals surface area (Å²) in [6.45, 7) is 9.32. The van der Waals surface area contributed by atoms with Crippen LogP contribution in [0.5, 0.6) is 0 Å². The molecular weight excluding hydrogens is 465 g/mol. The maximum absolute atomic E-state index is 4.78. The van der Waals surface area contributed by atoms with Crippen LogP contribution in [0.1, 0.15) is 63.5 Å². The molecule has 2 N–H and O–H groups in total. The molecule has 160 valence electrons. The highest BCUT2D eigenvalue weighted by molar-refractivity contribution is 14.0. The summed E-state index contributed by atoms with van der Waals surface area (Å²) in [6.07, 6.45) is 9.25. The monoisotopic (exact) mass is 503 g/mol. The number of likely N-dealkylation sites (tertiary alicyclic amines) is 1. The smallest absolute Gasteiger partial charge is 0.191 e. The average Bonchev–Trinajstić information content (AvgIpc) is 3.39. The third kappa shape index (κ3) is 6.86. The predicted molar refractivity (Wildman–Crippen MR) is 125 cm³/mol. The minimum atomic E-state index is 0. The first-order chi connectivity index (χ1) is 13.2. The highest BCUT2D eigenvalue weighted by atomic mass is 127. The van der Waals surface area contributed by atoms with Gasteiger partial charge >= 0.3 is 0 Å². The number of guanidine groups is 1. The van der Waals surface area contributed by atoms with Gasteiger partial charge in [0.2, 0.25) is 0 Å². The molecule has 0 amide bonds. The molecule has 1 saturated carbocycles. The van der Waals surface area contributed by atoms with Gasteiger partial charge in [0.25, 0.3) is 0 Å². The van der Waals surface area contributed by atoms with Crippen molar-refractivity contribution in [1.29, 1.82) is 0 Å². The number of nitrogens with zero attached hydrogens (tertiary/aromatic N) is 5. The van der Waals surface area contributed by atoms with Crippen LogP contribution in [0, 0.1) is 12.8 Å². The first-order valence-electron chi connectivity index (χ1n) is 10.8. The van der Waals surface area contributed by atoms with Gasteiger partial charge in [0, 0.05) is 39.3 Å². The first-order valence-corrected chi connectivity index (χ1v) is 10.8. The normalized spacial score (nSPS) is 21.1. The van der Waals surface area contributed by atoms with Crippen molar-refractivity contribution in [2.45, 2.75) is 71.4 Å². The molecule has 1 aliphatic carbocycles. The Morgan fingerprint density at radius 2 is 2.00 bits per heavy atom. The van der Waals surface area contributed by atoms with E-state index in [1.807, 2.05) is 18.5 Å². The molecule has 0 aromatic carbocycles. The molecule has 1 atom stereocenters. The van der Waals surface area contributed by atoms with Crippen molar-refractivity contribution < 1.29 is 0 Å². The van der Waals surface area contributed by atoms with Gasteiger partial charge in [0.15, 0.2) is 11.8 Å². The lowest BCUT2D eigenvalue weighted by molar-refractivity contribution is 0.275. The highest BCUT2D eigenvalue weighted by Crippen LogP contribution is 2.26. The van der Waals surface area contributed by atoms with E-state index in [-0.39, 0.29) is 24.0 Å². The number of aromatic nitrogens is 3. The van der Waals surface area contributed by atoms with Crippen molar-refractivity contribution in [2.24, 2.45) is 18.0 Å². The number of hydrogen-bond donors (Lipinski definition) is 2. The first kappa shape index (κ1) is 23.4. The second-order valence-corrected chi connectivity index (χ2v) is 8.21. The van der Waals surface area contributed by atoms with Crippen LogP contribution >= 0.6 is 24.0 Å². The summed E-state index contributed by atoms with van der Waals surface area (Å²) in [7, 11) is 2.00. The summed E-state index contributed by atoms with van der Waals surface area (Å²) >= 11 is 0. The lowest BCUT2D eigenvalue weighted by Gasteiger charge is -2.21. The van der Waals surface area contributed by atoms with Crippen molar-refractivity contribution in [2.75, 3.05) is 26.2 Å². The molecule has 7 nitrogen and oxygen atoms in total. The minimum absolute atomic E-state index is 0. The number of halogens is 1. The van der Waals surface area contributed by atoms with E-state index in [2.05, 4.69) is 32.7 Å². The minimum Gasteiger partial charge on any atom is -0.356 e. The third-order valence-electron chi connectivity index (χ3n) is 5.99. The number of hydrogen-bond acceptors (Lipinski definition) is 4. The molecule has 1 aromatic rings. The van der Waals surface area contributed by atoms with Crippen LogP contribution in [0.4, 0.5) is 0 Å². The molecular formula is C20H38IN7. The van der Waals surface area contributed by atoms with Crippen LogP contribution < -0.4 is 10.6 Å². The summed E-state index contributed by atoms with van der Waals surface area (Å²) in [4.78, 5) is 7.43. The van der Waals surface area contributed by atoms with Gasteiger partial charge in [-0.25, -0.2) is 4.99 Å². The Kier molecular flexibility index (Phi) is 9.98. The summed E-state index contributed by atoms with van der Waals surface area (Å²) in [5.74, 6) is 3.67. The van der Waals surface area contributed by atoms with Gasteiger partial charge < -0.3 is 20.1 Å². The van der Waals surface area contributed by atoms with E-state index < -0.39 is 0 Å². The molecule has 1 aromatic heterocycles. The van der Waals surface area contributed by atoms with Crippen LogP contribution in [0.3, 0.4) is 0 Å². The van der Waals surface area contributed by atoms with E-state index >= 15 is 0 Å². The summed E-state index contributed by atoms with van der Waals surface area (Å²) < 4.78 is 2.01. The predicted octanol–water partition coefficient (Wildman–Crippen LogP) is 2.84. The molecule has 1 unspecified atom stereocenters. The zero-order valence-corrected chi connectivity index (χ0v) is 20.1. The van der Waals surface area contributed by atoms with Crippen molar-refractivity contribution in [3.05, 3.63) is 11.6 Å².